The first kappa shape index (κ1) is 47.4. The fourth-order valence-corrected chi connectivity index (χ4v) is 5.87. The number of aliphatic hydroxyl groups is 1. The summed E-state index contributed by atoms with van der Waals surface area (Å²) >= 11 is 0.902. The highest BCUT2D eigenvalue weighted by Gasteiger charge is 2.30. The van der Waals surface area contributed by atoms with Gasteiger partial charge in [-0.15, -0.1) is 11.8 Å². The second-order valence-electron chi connectivity index (χ2n) is 12.4. The molecule has 7 amide bonds. The number of nitrogens with zero attached hydrogens (tertiary/aromatic N) is 1. The maximum Gasteiger partial charge on any atom is 0.341 e. The van der Waals surface area contributed by atoms with Gasteiger partial charge in [0.2, 0.25) is 41.4 Å². The zero-order chi connectivity index (χ0) is 42.3. The van der Waals surface area contributed by atoms with Crippen molar-refractivity contribution >= 4 is 59.1 Å². The van der Waals surface area contributed by atoms with Crippen LogP contribution >= 0.6 is 11.8 Å². The predicted octanol–water partition coefficient (Wildman–Crippen LogP) is -3.14. The van der Waals surface area contributed by atoms with Gasteiger partial charge in [0.15, 0.2) is 6.61 Å². The normalized spacial score (nSPS) is 13.3. The predicted molar refractivity (Wildman–Crippen MR) is 207 cm³/mol. The molecule has 0 spiro atoms. The average molecular weight is 818 g/mol. The molecule has 0 bridgehead atoms. The summed E-state index contributed by atoms with van der Waals surface area (Å²) in [4.78, 5) is 105. The molecule has 21 heteroatoms. The number of nitrogens with two attached hydrogens (primary N) is 2. The van der Waals surface area contributed by atoms with Crippen molar-refractivity contribution < 1.29 is 53.3 Å². The number of thioether (sulfide) groups is 1. The summed E-state index contributed by atoms with van der Waals surface area (Å²) < 4.78 is 5.12. The van der Waals surface area contributed by atoms with E-state index < -0.39 is 90.7 Å². The molecule has 312 valence electrons. The lowest BCUT2D eigenvalue weighted by molar-refractivity contribution is -0.139. The monoisotopic (exact) mass is 817 g/mol. The van der Waals surface area contributed by atoms with E-state index in [1.54, 1.807) is 38.1 Å². The zero-order valence-electron chi connectivity index (χ0n) is 31.7. The number of primary amides is 1. The van der Waals surface area contributed by atoms with E-state index in [9.17, 15) is 43.5 Å². The van der Waals surface area contributed by atoms with Gasteiger partial charge < -0.3 is 58.3 Å². The Kier molecular flexibility index (Phi) is 21.1. The van der Waals surface area contributed by atoms with E-state index in [-0.39, 0.29) is 56.0 Å². The minimum absolute atomic E-state index is 0.0126. The molecule has 2 rings (SSSR count). The molecule has 0 aliphatic carbocycles. The number of aromatic nitrogens is 1. The highest BCUT2D eigenvalue weighted by atomic mass is 32.2. The molecular formula is C36H51N9O11S. The van der Waals surface area contributed by atoms with Gasteiger partial charge in [0.1, 0.15) is 36.0 Å². The van der Waals surface area contributed by atoms with E-state index in [0.717, 1.165) is 11.8 Å². The summed E-state index contributed by atoms with van der Waals surface area (Å²) in [5.74, 6) is -6.39. The van der Waals surface area contributed by atoms with E-state index in [2.05, 4.69) is 36.9 Å². The average Bonchev–Trinajstić information content (AvgIpc) is 3.18. The number of carbonyl (C=O) groups is 8. The summed E-state index contributed by atoms with van der Waals surface area (Å²) in [6, 6.07) is 3.20. The van der Waals surface area contributed by atoms with Gasteiger partial charge in [-0.1, -0.05) is 19.1 Å². The SMILES string of the molecule is CCNC(=O)[C@H](CCN)NC(=O)[C@H](CSCC(=O)N[C@@H](Cc1ccncc1)C(=O)N[C@@H](Cc1ccc(OCC(=O)O)cc1)C(N)=O)NC(=O)[C@H](CO)NC(=O)CC. The Hall–Kier alpha value is -5.80. The van der Waals surface area contributed by atoms with Crippen LogP contribution in [-0.4, -0.2) is 131 Å². The number of carbonyl (C=O) groups excluding carboxylic acids is 7. The van der Waals surface area contributed by atoms with Crippen LogP contribution in [0.25, 0.3) is 0 Å². The number of benzene rings is 1. The fourth-order valence-electron chi connectivity index (χ4n) is 5.02. The standard InChI is InChI=1S/C36H51N9O11S/c1-3-29(47)42-27(17-46)35(54)45-28(36(55)43-24(9-12-37)33(52)40-4-2)19-57-20-30(48)41-26(16-22-10-13-39-14-11-22)34(53)44-25(32(38)51)15-21-5-7-23(8-6-21)56-18-31(49)50/h5-8,10-11,13-14,24-28,46H,3-4,9,12,15-20,37H2,1-2H3,(H2,38,51)(H,40,52)(H,41,48)(H,42,47)(H,43,55)(H,44,53)(H,45,54)(H,49,50)/t24-,25-,26-,27-,28-/m0/s1. The first-order valence-corrected chi connectivity index (χ1v) is 19.1. The molecule has 0 aliphatic heterocycles. The van der Waals surface area contributed by atoms with E-state index in [1.807, 2.05) is 0 Å². The molecule has 1 aromatic carbocycles. The first-order valence-electron chi connectivity index (χ1n) is 18.0. The number of ether oxygens (including phenoxy) is 1. The van der Waals surface area contributed by atoms with Crippen molar-refractivity contribution in [3.63, 3.8) is 0 Å². The number of nitrogens with one attached hydrogen (secondary N) is 6. The summed E-state index contributed by atoms with van der Waals surface area (Å²) in [5.41, 5.74) is 12.5. The van der Waals surface area contributed by atoms with Gasteiger partial charge in [-0.05, 0) is 55.3 Å². The highest BCUT2D eigenvalue weighted by molar-refractivity contribution is 8.00. The van der Waals surface area contributed by atoms with Crippen LogP contribution in [0.2, 0.25) is 0 Å². The fraction of sp³-hybridized carbons (Fsp3) is 0.472. The number of hydrogen-bond donors (Lipinski definition) is 10. The van der Waals surface area contributed by atoms with Crippen molar-refractivity contribution in [1.29, 1.82) is 0 Å². The van der Waals surface area contributed by atoms with Crippen LogP contribution in [0.4, 0.5) is 0 Å². The number of aliphatic hydroxyl groups excluding tert-OH is 1. The molecule has 0 saturated heterocycles. The minimum atomic E-state index is -1.39. The molecular weight excluding hydrogens is 767 g/mol. The summed E-state index contributed by atoms with van der Waals surface area (Å²) in [5, 5.41) is 33.7. The van der Waals surface area contributed by atoms with E-state index >= 15 is 0 Å². The van der Waals surface area contributed by atoms with Crippen molar-refractivity contribution in [3.8, 4) is 5.75 Å². The Morgan fingerprint density at radius 2 is 1.30 bits per heavy atom. The van der Waals surface area contributed by atoms with Crippen LogP contribution < -0.4 is 48.1 Å². The maximum absolute atomic E-state index is 13.6. The quantitative estimate of drug-likeness (QED) is 0.0449. The molecule has 12 N–H and O–H groups in total. The molecule has 1 heterocycles. The zero-order valence-corrected chi connectivity index (χ0v) is 32.5. The maximum atomic E-state index is 13.6. The molecule has 2 aromatic rings. The Bertz CT molecular complexity index is 1670. The number of aliphatic carboxylic acids is 1. The Morgan fingerprint density at radius 3 is 1.88 bits per heavy atom. The summed E-state index contributed by atoms with van der Waals surface area (Å²) in [6.07, 6.45) is 3.05. The smallest absolute Gasteiger partial charge is 0.341 e. The van der Waals surface area contributed by atoms with Crippen LogP contribution in [0.3, 0.4) is 0 Å². The number of carboxylic acids is 1. The number of rotatable bonds is 26. The minimum Gasteiger partial charge on any atom is -0.482 e. The van der Waals surface area contributed by atoms with Gasteiger partial charge in [0.05, 0.1) is 12.4 Å². The van der Waals surface area contributed by atoms with Gasteiger partial charge in [-0.25, -0.2) is 4.79 Å². The van der Waals surface area contributed by atoms with Gasteiger partial charge in [0.25, 0.3) is 0 Å². The lowest BCUT2D eigenvalue weighted by Gasteiger charge is -2.25. The van der Waals surface area contributed by atoms with Gasteiger partial charge in [-0.3, -0.25) is 38.5 Å². The Balaban J connectivity index is 2.21. The molecule has 20 nitrogen and oxygen atoms in total. The molecule has 0 fully saturated rings. The highest BCUT2D eigenvalue weighted by Crippen LogP contribution is 2.14. The number of amides is 7. The Labute approximate surface area is 333 Å². The molecule has 0 radical (unpaired) electrons. The number of hydrogen-bond acceptors (Lipinski definition) is 13. The van der Waals surface area contributed by atoms with Crippen molar-refractivity contribution in [2.45, 2.75) is 69.7 Å². The molecule has 0 aliphatic rings. The third-order valence-corrected chi connectivity index (χ3v) is 9.01. The van der Waals surface area contributed by atoms with Crippen molar-refractivity contribution in [2.24, 2.45) is 11.5 Å². The van der Waals surface area contributed by atoms with Crippen molar-refractivity contribution in [2.75, 3.05) is 37.8 Å². The number of carboxylic acid groups (broad SMARTS) is 1. The topological polar surface area (TPSA) is 323 Å². The Morgan fingerprint density at radius 1 is 0.737 bits per heavy atom. The van der Waals surface area contributed by atoms with Crippen LogP contribution in [0.5, 0.6) is 5.75 Å². The van der Waals surface area contributed by atoms with Crippen molar-refractivity contribution in [1.82, 2.24) is 36.9 Å². The van der Waals surface area contributed by atoms with Crippen LogP contribution in [0.15, 0.2) is 48.8 Å². The summed E-state index contributed by atoms with van der Waals surface area (Å²) in [6.45, 7) is 2.25. The lowest BCUT2D eigenvalue weighted by atomic mass is 10.0. The molecule has 1 aromatic heterocycles. The van der Waals surface area contributed by atoms with Crippen LogP contribution in [-0.2, 0) is 51.2 Å². The molecule has 0 saturated carbocycles. The summed E-state index contributed by atoms with van der Waals surface area (Å²) in [7, 11) is 0. The molecule has 5 atom stereocenters. The second kappa shape index (κ2) is 25.4. The van der Waals surface area contributed by atoms with E-state index in [4.69, 9.17) is 21.3 Å². The van der Waals surface area contributed by atoms with E-state index in [1.165, 1.54) is 24.5 Å². The molecule has 0 unspecified atom stereocenters. The number of pyridine rings is 1. The largest absolute Gasteiger partial charge is 0.482 e. The van der Waals surface area contributed by atoms with Crippen molar-refractivity contribution in [3.05, 3.63) is 59.9 Å². The first-order chi connectivity index (χ1) is 27.2. The molecule has 57 heavy (non-hydrogen) atoms. The second-order valence-corrected chi connectivity index (χ2v) is 13.5. The number of likely N-dealkylation sites (N-methyl/N-ethyl adjacent to an activating group) is 1. The van der Waals surface area contributed by atoms with Crippen LogP contribution in [0.1, 0.15) is 37.8 Å². The van der Waals surface area contributed by atoms with Gasteiger partial charge in [-0.2, -0.15) is 0 Å². The lowest BCUT2D eigenvalue weighted by Crippen LogP contribution is -2.58. The van der Waals surface area contributed by atoms with Gasteiger partial charge >= 0.3 is 5.97 Å². The van der Waals surface area contributed by atoms with E-state index in [0.29, 0.717) is 11.1 Å². The third kappa shape index (κ3) is 17.7. The van der Waals surface area contributed by atoms with Gasteiger partial charge in [0, 0.05) is 44.0 Å². The van der Waals surface area contributed by atoms with Crippen LogP contribution in [0, 0.1) is 0 Å². The third-order valence-electron chi connectivity index (χ3n) is 7.97.